The summed E-state index contributed by atoms with van der Waals surface area (Å²) < 4.78 is 0. The van der Waals surface area contributed by atoms with E-state index >= 15 is 0 Å². The summed E-state index contributed by atoms with van der Waals surface area (Å²) in [5, 5.41) is 11.5. The summed E-state index contributed by atoms with van der Waals surface area (Å²) in [4.78, 5) is 13.4. The Morgan fingerprint density at radius 1 is 1.44 bits per heavy atom. The van der Waals surface area contributed by atoms with Gasteiger partial charge < -0.3 is 10.2 Å². The van der Waals surface area contributed by atoms with Gasteiger partial charge in [0.05, 0.1) is 18.5 Å². The molecule has 1 aliphatic rings. The molecule has 1 aromatic carbocycles. The minimum Gasteiger partial charge on any atom is -0.329 e. The van der Waals surface area contributed by atoms with E-state index in [0.717, 1.165) is 12.0 Å². The number of carbonyl (C=O) groups is 1. The maximum atomic E-state index is 11.7. The van der Waals surface area contributed by atoms with Crippen LogP contribution < -0.4 is 5.32 Å². The lowest BCUT2D eigenvalue weighted by atomic mass is 10.0. The van der Waals surface area contributed by atoms with Crippen molar-refractivity contribution in [2.45, 2.75) is 25.8 Å². The molecule has 1 aromatic rings. The number of nitrogens with one attached hydrogen (secondary N) is 1. The van der Waals surface area contributed by atoms with E-state index < -0.39 is 0 Å². The first kappa shape index (κ1) is 12.4. The van der Waals surface area contributed by atoms with Crippen LogP contribution in [0.3, 0.4) is 0 Å². The molecule has 94 valence electrons. The number of aryl methyl sites for hydroxylation is 1. The summed E-state index contributed by atoms with van der Waals surface area (Å²) in [7, 11) is 0. The lowest BCUT2D eigenvalue weighted by molar-refractivity contribution is 0.218. The molecule has 1 heterocycles. The normalized spacial score (nSPS) is 18.6. The number of hydrogen-bond acceptors (Lipinski definition) is 2. The number of urea groups is 1. The first-order chi connectivity index (χ1) is 8.74. The highest BCUT2D eigenvalue weighted by molar-refractivity contribution is 5.77. The molecule has 1 atom stereocenters. The Balaban J connectivity index is 2.02. The monoisotopic (exact) mass is 243 g/mol. The highest BCUT2D eigenvalue weighted by Gasteiger charge is 2.28. The molecule has 0 saturated carbocycles. The van der Waals surface area contributed by atoms with Crippen LogP contribution in [0.5, 0.6) is 0 Å². The van der Waals surface area contributed by atoms with E-state index in [2.05, 4.69) is 42.6 Å². The Labute approximate surface area is 107 Å². The van der Waals surface area contributed by atoms with Crippen molar-refractivity contribution in [3.8, 4) is 6.07 Å². The molecule has 1 fully saturated rings. The maximum Gasteiger partial charge on any atom is 0.318 e. The van der Waals surface area contributed by atoms with Gasteiger partial charge in [0.2, 0.25) is 0 Å². The molecule has 18 heavy (non-hydrogen) atoms. The van der Waals surface area contributed by atoms with Crippen molar-refractivity contribution in [3.63, 3.8) is 0 Å². The van der Waals surface area contributed by atoms with Gasteiger partial charge >= 0.3 is 6.03 Å². The van der Waals surface area contributed by atoms with Crippen molar-refractivity contribution >= 4 is 6.03 Å². The second kappa shape index (κ2) is 5.54. The fraction of sp³-hybridized carbons (Fsp3) is 0.429. The van der Waals surface area contributed by atoms with Crippen molar-refractivity contribution in [1.29, 1.82) is 5.26 Å². The molecule has 4 heteroatoms. The van der Waals surface area contributed by atoms with Crippen molar-refractivity contribution < 1.29 is 4.79 Å². The zero-order valence-corrected chi connectivity index (χ0v) is 10.5. The Morgan fingerprint density at radius 2 is 2.17 bits per heavy atom. The van der Waals surface area contributed by atoms with Gasteiger partial charge in [0.25, 0.3) is 0 Å². The third-order valence-electron chi connectivity index (χ3n) is 3.27. The van der Waals surface area contributed by atoms with Crippen LogP contribution in [0.2, 0.25) is 0 Å². The van der Waals surface area contributed by atoms with Crippen LogP contribution in [-0.4, -0.2) is 24.0 Å². The Kier molecular flexibility index (Phi) is 3.83. The van der Waals surface area contributed by atoms with Crippen molar-refractivity contribution in [1.82, 2.24) is 10.2 Å². The van der Waals surface area contributed by atoms with Crippen LogP contribution in [0.4, 0.5) is 4.79 Å². The van der Waals surface area contributed by atoms with Gasteiger partial charge in [-0.05, 0) is 17.5 Å². The number of hydrogen-bond donors (Lipinski definition) is 1. The Hall–Kier alpha value is -2.02. The average Bonchev–Trinajstić information content (AvgIpc) is 2.78. The van der Waals surface area contributed by atoms with E-state index in [1.165, 1.54) is 5.56 Å². The highest BCUT2D eigenvalue weighted by atomic mass is 16.2. The molecule has 0 aromatic heterocycles. The topological polar surface area (TPSA) is 56.1 Å². The van der Waals surface area contributed by atoms with Crippen LogP contribution >= 0.6 is 0 Å². The van der Waals surface area contributed by atoms with Gasteiger partial charge in [-0.25, -0.2) is 4.79 Å². The Bertz CT molecular complexity index is 461. The molecule has 1 N–H and O–H groups in total. The van der Waals surface area contributed by atoms with Gasteiger partial charge in [0.1, 0.15) is 0 Å². The minimum absolute atomic E-state index is 0.0436. The molecular weight excluding hydrogens is 226 g/mol. The molecule has 0 spiro atoms. The van der Waals surface area contributed by atoms with Crippen LogP contribution in [-0.2, 0) is 6.42 Å². The van der Waals surface area contributed by atoms with Crippen LogP contribution in [0.15, 0.2) is 24.3 Å². The quantitative estimate of drug-likeness (QED) is 0.881. The second-order valence-corrected chi connectivity index (χ2v) is 4.45. The second-order valence-electron chi connectivity index (χ2n) is 4.45. The number of benzene rings is 1. The Morgan fingerprint density at radius 3 is 2.78 bits per heavy atom. The number of rotatable bonds is 4. The predicted molar refractivity (Wildman–Crippen MR) is 68.9 cm³/mol. The molecule has 4 nitrogen and oxygen atoms in total. The molecule has 0 aliphatic carbocycles. The van der Waals surface area contributed by atoms with E-state index in [4.69, 9.17) is 5.26 Å². The molecule has 0 bridgehead atoms. The maximum absolute atomic E-state index is 11.7. The van der Waals surface area contributed by atoms with Crippen molar-refractivity contribution in [3.05, 3.63) is 35.4 Å². The summed E-state index contributed by atoms with van der Waals surface area (Å²) >= 11 is 0. The highest BCUT2D eigenvalue weighted by Crippen LogP contribution is 2.20. The van der Waals surface area contributed by atoms with Gasteiger partial charge in [0, 0.05) is 13.1 Å². The molecule has 0 radical (unpaired) electrons. The van der Waals surface area contributed by atoms with Gasteiger partial charge in [-0.15, -0.1) is 0 Å². The fourth-order valence-corrected chi connectivity index (χ4v) is 2.14. The van der Waals surface area contributed by atoms with E-state index in [-0.39, 0.29) is 12.1 Å². The number of nitrogens with zero attached hydrogens (tertiary/aromatic N) is 2. The summed E-state index contributed by atoms with van der Waals surface area (Å²) in [6.07, 6.45) is 1.40. The van der Waals surface area contributed by atoms with Crippen LogP contribution in [0.1, 0.15) is 30.5 Å². The van der Waals surface area contributed by atoms with Crippen LogP contribution in [0.25, 0.3) is 0 Å². The summed E-state index contributed by atoms with van der Waals surface area (Å²) in [5.41, 5.74) is 2.42. The van der Waals surface area contributed by atoms with E-state index in [1.54, 1.807) is 4.90 Å². The van der Waals surface area contributed by atoms with Gasteiger partial charge in [-0.2, -0.15) is 5.26 Å². The lowest BCUT2D eigenvalue weighted by Gasteiger charge is -2.12. The number of nitriles is 1. The van der Waals surface area contributed by atoms with Crippen LogP contribution in [0, 0.1) is 11.3 Å². The van der Waals surface area contributed by atoms with Crippen molar-refractivity contribution in [2.24, 2.45) is 0 Å². The fourth-order valence-electron chi connectivity index (χ4n) is 2.14. The largest absolute Gasteiger partial charge is 0.329 e. The average molecular weight is 243 g/mol. The molecule has 1 saturated heterocycles. The molecule has 1 aliphatic heterocycles. The van der Waals surface area contributed by atoms with E-state index in [0.29, 0.717) is 19.5 Å². The molecular formula is C14H17N3O. The lowest BCUT2D eigenvalue weighted by Crippen LogP contribution is -2.28. The zero-order valence-electron chi connectivity index (χ0n) is 10.5. The van der Waals surface area contributed by atoms with E-state index in [1.807, 2.05) is 0 Å². The third kappa shape index (κ3) is 2.62. The minimum atomic E-state index is -0.0742. The number of amides is 2. The molecule has 1 unspecified atom stereocenters. The smallest absolute Gasteiger partial charge is 0.318 e. The summed E-state index contributed by atoms with van der Waals surface area (Å²) in [5.74, 6) is 0. The summed E-state index contributed by atoms with van der Waals surface area (Å²) in [6, 6.07) is 10.4. The third-order valence-corrected chi connectivity index (χ3v) is 3.27. The van der Waals surface area contributed by atoms with Crippen molar-refractivity contribution in [2.75, 3.05) is 13.1 Å². The number of carbonyl (C=O) groups excluding carboxylic acids is 1. The van der Waals surface area contributed by atoms with E-state index in [9.17, 15) is 4.79 Å². The van der Waals surface area contributed by atoms with Gasteiger partial charge in [-0.3, -0.25) is 0 Å². The SMILES string of the molecule is CCc1ccc(C2CN(CCC#N)C(=O)N2)cc1. The molecule has 2 amide bonds. The first-order valence-electron chi connectivity index (χ1n) is 6.25. The van der Waals surface area contributed by atoms with Gasteiger partial charge in [0.15, 0.2) is 0 Å². The first-order valence-corrected chi connectivity index (χ1v) is 6.25. The predicted octanol–water partition coefficient (Wildman–Crippen LogP) is 2.23. The summed E-state index contributed by atoms with van der Waals surface area (Å²) in [6.45, 7) is 3.27. The zero-order chi connectivity index (χ0) is 13.0. The standard InChI is InChI=1S/C14H17N3O/c1-2-11-4-6-12(7-5-11)13-10-17(9-3-8-15)14(18)16-13/h4-7,13H,2-3,9-10H2,1H3,(H,16,18). The van der Waals surface area contributed by atoms with Gasteiger partial charge in [-0.1, -0.05) is 31.2 Å². The molecule has 2 rings (SSSR count).